The van der Waals surface area contributed by atoms with Gasteiger partial charge in [0.1, 0.15) is 0 Å². The molecule has 1 aromatic carbocycles. The standard InChI is InChI=1S/C19H26N3O4P/c1-14(2)22(15(3)4)27(25-12-7-10-20)26-13-11-21-18(23)16-8-5-6-9-17(16)19(21)24/h5-6,8-9,14-15H,7,11-13H2,1-4H3. The van der Waals surface area contributed by atoms with Crippen molar-refractivity contribution >= 4 is 20.3 Å². The van der Waals surface area contributed by atoms with Gasteiger partial charge in [-0.25, -0.2) is 4.67 Å². The van der Waals surface area contributed by atoms with Crippen LogP contribution in [0.3, 0.4) is 0 Å². The lowest BCUT2D eigenvalue weighted by Gasteiger charge is -2.35. The monoisotopic (exact) mass is 391 g/mol. The Morgan fingerprint density at radius 1 is 1.04 bits per heavy atom. The molecule has 7 nitrogen and oxygen atoms in total. The van der Waals surface area contributed by atoms with Crippen molar-refractivity contribution in [2.75, 3.05) is 19.8 Å². The number of fused-ring (bicyclic) bond motifs is 1. The summed E-state index contributed by atoms with van der Waals surface area (Å²) in [5.41, 5.74) is 0.863. The molecule has 0 aromatic heterocycles. The molecule has 0 saturated heterocycles. The summed E-state index contributed by atoms with van der Waals surface area (Å²) in [7, 11) is -1.39. The van der Waals surface area contributed by atoms with Crippen LogP contribution >= 0.6 is 8.53 Å². The first-order valence-electron chi connectivity index (χ1n) is 9.04. The fraction of sp³-hybridized carbons (Fsp3) is 0.526. The molecule has 0 fully saturated rings. The maximum Gasteiger partial charge on any atom is 0.261 e. The highest BCUT2D eigenvalue weighted by molar-refractivity contribution is 7.44. The van der Waals surface area contributed by atoms with Gasteiger partial charge in [0.05, 0.1) is 43.4 Å². The summed E-state index contributed by atoms with van der Waals surface area (Å²) < 4.78 is 13.9. The van der Waals surface area contributed by atoms with Gasteiger partial charge in [0.15, 0.2) is 0 Å². The zero-order valence-electron chi connectivity index (χ0n) is 16.2. The highest BCUT2D eigenvalue weighted by atomic mass is 31.2. The van der Waals surface area contributed by atoms with Gasteiger partial charge in [-0.15, -0.1) is 0 Å². The van der Waals surface area contributed by atoms with Crippen LogP contribution in [0.25, 0.3) is 0 Å². The van der Waals surface area contributed by atoms with Crippen molar-refractivity contribution in [2.45, 2.75) is 46.2 Å². The number of carbonyl (C=O) groups excluding carboxylic acids is 2. The third kappa shape index (κ3) is 5.12. The zero-order valence-corrected chi connectivity index (χ0v) is 17.1. The van der Waals surface area contributed by atoms with Gasteiger partial charge in [-0.05, 0) is 39.8 Å². The molecule has 146 valence electrons. The van der Waals surface area contributed by atoms with Crippen LogP contribution in [-0.2, 0) is 9.05 Å². The number of nitrogens with zero attached hydrogens (tertiary/aromatic N) is 3. The van der Waals surface area contributed by atoms with Gasteiger partial charge < -0.3 is 9.05 Å². The molecule has 0 N–H and O–H groups in total. The van der Waals surface area contributed by atoms with Crippen LogP contribution in [0.1, 0.15) is 54.8 Å². The number of nitriles is 1. The number of imide groups is 1. The van der Waals surface area contributed by atoms with E-state index >= 15 is 0 Å². The van der Waals surface area contributed by atoms with E-state index in [0.717, 1.165) is 0 Å². The molecule has 1 aliphatic rings. The zero-order chi connectivity index (χ0) is 20.0. The summed E-state index contributed by atoms with van der Waals surface area (Å²) in [6, 6.07) is 9.25. The molecule has 0 bridgehead atoms. The van der Waals surface area contributed by atoms with Crippen molar-refractivity contribution in [1.29, 1.82) is 5.26 Å². The Balaban J connectivity index is 2.00. The molecule has 0 aliphatic carbocycles. The van der Waals surface area contributed by atoms with E-state index in [2.05, 4.69) is 38.4 Å². The number of carbonyl (C=O) groups is 2. The molecule has 1 aromatic rings. The number of benzene rings is 1. The molecule has 1 atom stereocenters. The molecule has 27 heavy (non-hydrogen) atoms. The molecule has 0 spiro atoms. The first-order valence-corrected chi connectivity index (χ1v) is 10.2. The highest BCUT2D eigenvalue weighted by Gasteiger charge is 2.35. The van der Waals surface area contributed by atoms with Crippen molar-refractivity contribution in [3.05, 3.63) is 35.4 Å². The minimum absolute atomic E-state index is 0.164. The first kappa shape index (κ1) is 21.5. The van der Waals surface area contributed by atoms with Crippen LogP contribution in [-0.4, -0.2) is 53.2 Å². The van der Waals surface area contributed by atoms with E-state index in [9.17, 15) is 9.59 Å². The van der Waals surface area contributed by atoms with Crippen molar-refractivity contribution in [2.24, 2.45) is 0 Å². The van der Waals surface area contributed by atoms with E-state index in [0.29, 0.717) is 11.1 Å². The topological polar surface area (TPSA) is 82.9 Å². The third-order valence-electron chi connectivity index (χ3n) is 4.06. The second kappa shape index (κ2) is 9.91. The highest BCUT2D eigenvalue weighted by Crippen LogP contribution is 2.45. The fourth-order valence-electron chi connectivity index (χ4n) is 2.97. The predicted molar refractivity (Wildman–Crippen MR) is 103 cm³/mol. The van der Waals surface area contributed by atoms with Gasteiger partial charge in [-0.3, -0.25) is 14.5 Å². The third-order valence-corrected chi connectivity index (χ3v) is 6.16. The van der Waals surface area contributed by atoms with Gasteiger partial charge in [-0.1, -0.05) is 12.1 Å². The largest absolute Gasteiger partial charge is 0.321 e. The maximum absolute atomic E-state index is 12.4. The van der Waals surface area contributed by atoms with Crippen molar-refractivity contribution < 1.29 is 18.6 Å². The Bertz CT molecular complexity index is 674. The van der Waals surface area contributed by atoms with Crippen molar-refractivity contribution in [1.82, 2.24) is 9.57 Å². The van der Waals surface area contributed by atoms with Crippen molar-refractivity contribution in [3.8, 4) is 6.07 Å². The van der Waals surface area contributed by atoms with Gasteiger partial charge in [0, 0.05) is 12.1 Å². The number of amides is 2. The van der Waals surface area contributed by atoms with Crippen LogP contribution in [0.5, 0.6) is 0 Å². The number of hydrogen-bond donors (Lipinski definition) is 0. The Hall–Kier alpha value is -1.84. The van der Waals surface area contributed by atoms with Gasteiger partial charge >= 0.3 is 0 Å². The molecular formula is C19H26N3O4P. The smallest absolute Gasteiger partial charge is 0.261 e. The summed E-state index contributed by atoms with van der Waals surface area (Å²) in [4.78, 5) is 26.1. The van der Waals surface area contributed by atoms with Crippen LogP contribution in [0.2, 0.25) is 0 Å². The summed E-state index contributed by atoms with van der Waals surface area (Å²) in [5.74, 6) is -0.586. The normalized spacial score (nSPS) is 15.0. The van der Waals surface area contributed by atoms with Gasteiger partial charge in [-0.2, -0.15) is 5.26 Å². The van der Waals surface area contributed by atoms with Crippen LogP contribution in [0.4, 0.5) is 0 Å². The first-order chi connectivity index (χ1) is 12.9. The van der Waals surface area contributed by atoms with E-state index in [1.807, 2.05) is 0 Å². The SMILES string of the molecule is CC(C)N(C(C)C)P(OCCC#N)OCCN1C(=O)c2ccccc2C1=O. The molecule has 0 radical (unpaired) electrons. The molecule has 1 aliphatic heterocycles. The Morgan fingerprint density at radius 3 is 2.04 bits per heavy atom. The lowest BCUT2D eigenvalue weighted by molar-refractivity contribution is 0.0621. The van der Waals surface area contributed by atoms with Crippen molar-refractivity contribution in [3.63, 3.8) is 0 Å². The summed E-state index contributed by atoms with van der Waals surface area (Å²) in [6.45, 7) is 8.83. The van der Waals surface area contributed by atoms with E-state index in [-0.39, 0.29) is 50.1 Å². The molecule has 2 rings (SSSR count). The molecule has 2 amide bonds. The molecular weight excluding hydrogens is 365 g/mol. The Kier molecular flexibility index (Phi) is 7.88. The predicted octanol–water partition coefficient (Wildman–Crippen LogP) is 3.58. The van der Waals surface area contributed by atoms with Gasteiger partial charge in [0.25, 0.3) is 20.3 Å². The van der Waals surface area contributed by atoms with Crippen LogP contribution in [0, 0.1) is 11.3 Å². The second-order valence-electron chi connectivity index (χ2n) is 6.69. The Labute approximate surface area is 161 Å². The molecule has 1 heterocycles. The lowest BCUT2D eigenvalue weighted by atomic mass is 10.1. The summed E-state index contributed by atoms with van der Waals surface area (Å²) in [6.07, 6.45) is 0.282. The molecule has 1 unspecified atom stereocenters. The van der Waals surface area contributed by atoms with E-state index in [4.69, 9.17) is 14.3 Å². The minimum Gasteiger partial charge on any atom is -0.321 e. The average molecular weight is 391 g/mol. The number of rotatable bonds is 10. The Morgan fingerprint density at radius 2 is 1.56 bits per heavy atom. The van der Waals surface area contributed by atoms with Crippen LogP contribution in [0.15, 0.2) is 24.3 Å². The minimum atomic E-state index is -1.39. The van der Waals surface area contributed by atoms with Gasteiger partial charge in [0.2, 0.25) is 0 Å². The van der Waals surface area contributed by atoms with E-state index < -0.39 is 8.53 Å². The number of hydrogen-bond acceptors (Lipinski definition) is 6. The quantitative estimate of drug-likeness (QED) is 0.344. The lowest BCUT2D eigenvalue weighted by Crippen LogP contribution is -2.36. The average Bonchev–Trinajstić information content (AvgIpc) is 2.86. The molecule has 0 saturated carbocycles. The fourth-order valence-corrected chi connectivity index (χ4v) is 4.55. The second-order valence-corrected chi connectivity index (χ2v) is 8.14. The van der Waals surface area contributed by atoms with E-state index in [1.165, 1.54) is 4.90 Å². The maximum atomic E-state index is 12.4. The van der Waals surface area contributed by atoms with E-state index in [1.54, 1.807) is 24.3 Å². The summed E-state index contributed by atoms with van der Waals surface area (Å²) >= 11 is 0. The molecule has 8 heteroatoms. The summed E-state index contributed by atoms with van der Waals surface area (Å²) in [5, 5.41) is 8.74. The van der Waals surface area contributed by atoms with Crippen LogP contribution < -0.4 is 0 Å².